The predicted octanol–water partition coefficient (Wildman–Crippen LogP) is 2.21. The normalized spacial score (nSPS) is 10.8. The number of aliphatic carboxylic acids is 1. The minimum atomic E-state index is -1.01. The highest BCUT2D eigenvalue weighted by atomic mass is 19.1. The summed E-state index contributed by atoms with van der Waals surface area (Å²) >= 11 is 0. The van der Waals surface area contributed by atoms with E-state index in [4.69, 9.17) is 5.11 Å². The molecule has 0 radical (unpaired) electrons. The third-order valence-corrected chi connectivity index (χ3v) is 3.71. The summed E-state index contributed by atoms with van der Waals surface area (Å²) in [5, 5.41) is 16.0. The van der Waals surface area contributed by atoms with Gasteiger partial charge in [-0.25, -0.2) is 4.39 Å². The van der Waals surface area contributed by atoms with Gasteiger partial charge in [-0.15, -0.1) is 0 Å². The molecule has 2 N–H and O–H groups in total. The van der Waals surface area contributed by atoms with E-state index >= 15 is 0 Å². The van der Waals surface area contributed by atoms with Crippen LogP contribution in [0.4, 0.5) is 4.39 Å². The number of benzene rings is 1. The van der Waals surface area contributed by atoms with E-state index < -0.39 is 17.7 Å². The number of hydrogen-bond donors (Lipinski definition) is 2. The zero-order chi connectivity index (χ0) is 17.8. The van der Waals surface area contributed by atoms with Gasteiger partial charge in [0.15, 0.2) is 5.69 Å². The lowest BCUT2D eigenvalue weighted by molar-refractivity contribution is -0.137. The maximum absolute atomic E-state index is 13.5. The van der Waals surface area contributed by atoms with Crippen molar-refractivity contribution in [2.24, 2.45) is 0 Å². The molecule has 0 aliphatic carbocycles. The Labute approximate surface area is 142 Å². The van der Waals surface area contributed by atoms with Crippen LogP contribution in [0.25, 0.3) is 10.9 Å². The summed E-state index contributed by atoms with van der Waals surface area (Å²) in [6, 6.07) is 7.51. The molecule has 1 aromatic carbocycles. The van der Waals surface area contributed by atoms with Crippen LogP contribution in [0.2, 0.25) is 0 Å². The summed E-state index contributed by atoms with van der Waals surface area (Å²) < 4.78 is 13.5. The molecule has 0 saturated carbocycles. The number of aromatic amines is 1. The van der Waals surface area contributed by atoms with Crippen molar-refractivity contribution >= 4 is 22.8 Å². The van der Waals surface area contributed by atoms with Crippen LogP contribution < -0.4 is 0 Å². The number of amides is 1. The molecule has 1 amide bonds. The lowest BCUT2D eigenvalue weighted by Crippen LogP contribution is -2.33. The number of fused-ring (bicyclic) bond motifs is 1. The van der Waals surface area contributed by atoms with Gasteiger partial charge in [0.2, 0.25) is 0 Å². The molecule has 0 spiro atoms. The van der Waals surface area contributed by atoms with Gasteiger partial charge in [-0.2, -0.15) is 5.10 Å². The fourth-order valence-electron chi connectivity index (χ4n) is 2.49. The number of nitrogens with one attached hydrogen (secondary N) is 1. The van der Waals surface area contributed by atoms with E-state index in [2.05, 4.69) is 15.2 Å². The Kier molecular flexibility index (Phi) is 4.69. The second-order valence-electron chi connectivity index (χ2n) is 5.49. The molecule has 0 atom stereocenters. The first-order valence-electron chi connectivity index (χ1n) is 7.58. The maximum atomic E-state index is 13.5. The van der Waals surface area contributed by atoms with Gasteiger partial charge in [0.05, 0.1) is 11.9 Å². The summed E-state index contributed by atoms with van der Waals surface area (Å²) in [5.74, 6) is -1.96. The molecular weight excluding hydrogens is 327 g/mol. The lowest BCUT2D eigenvalue weighted by atomic mass is 10.1. The Morgan fingerprint density at radius 2 is 2.12 bits per heavy atom. The molecule has 8 heteroatoms. The van der Waals surface area contributed by atoms with Gasteiger partial charge >= 0.3 is 5.97 Å². The van der Waals surface area contributed by atoms with E-state index in [-0.39, 0.29) is 25.2 Å². The monoisotopic (exact) mass is 342 g/mol. The van der Waals surface area contributed by atoms with Crippen LogP contribution in [0.1, 0.15) is 22.5 Å². The molecule has 0 saturated heterocycles. The van der Waals surface area contributed by atoms with E-state index in [1.807, 2.05) is 0 Å². The van der Waals surface area contributed by atoms with Gasteiger partial charge in [-0.05, 0) is 29.8 Å². The highest BCUT2D eigenvalue weighted by Gasteiger charge is 2.22. The third kappa shape index (κ3) is 3.79. The predicted molar refractivity (Wildman–Crippen MR) is 87.3 cm³/mol. The first-order chi connectivity index (χ1) is 12.0. The molecule has 0 aliphatic heterocycles. The summed E-state index contributed by atoms with van der Waals surface area (Å²) in [6.07, 6.45) is 3.00. The third-order valence-electron chi connectivity index (χ3n) is 3.71. The van der Waals surface area contributed by atoms with E-state index in [0.717, 1.165) is 5.56 Å². The quantitative estimate of drug-likeness (QED) is 0.715. The Morgan fingerprint density at radius 3 is 2.84 bits per heavy atom. The van der Waals surface area contributed by atoms with Crippen LogP contribution in [0.5, 0.6) is 0 Å². The number of carboxylic acids is 1. The van der Waals surface area contributed by atoms with Gasteiger partial charge in [0, 0.05) is 30.9 Å². The molecule has 2 heterocycles. The smallest absolute Gasteiger partial charge is 0.305 e. The average Bonchev–Trinajstić information content (AvgIpc) is 3.01. The van der Waals surface area contributed by atoms with Gasteiger partial charge in [-0.1, -0.05) is 6.07 Å². The van der Waals surface area contributed by atoms with Crippen molar-refractivity contribution in [1.29, 1.82) is 0 Å². The van der Waals surface area contributed by atoms with Gasteiger partial charge in [-0.3, -0.25) is 19.7 Å². The second-order valence-corrected chi connectivity index (χ2v) is 5.49. The molecule has 3 rings (SSSR count). The number of carboxylic acid groups (broad SMARTS) is 1. The second kappa shape index (κ2) is 7.08. The number of H-pyrrole nitrogens is 1. The summed E-state index contributed by atoms with van der Waals surface area (Å²) in [6.45, 7) is 0.191. The Morgan fingerprint density at radius 1 is 1.28 bits per heavy atom. The summed E-state index contributed by atoms with van der Waals surface area (Å²) in [5.41, 5.74) is 1.35. The van der Waals surface area contributed by atoms with Gasteiger partial charge in [0.25, 0.3) is 5.91 Å². The van der Waals surface area contributed by atoms with Crippen molar-refractivity contribution in [1.82, 2.24) is 20.1 Å². The first kappa shape index (κ1) is 16.6. The zero-order valence-electron chi connectivity index (χ0n) is 13.1. The molecule has 0 aliphatic rings. The van der Waals surface area contributed by atoms with Crippen LogP contribution in [0, 0.1) is 5.82 Å². The Balaban J connectivity index is 1.91. The van der Waals surface area contributed by atoms with Crippen LogP contribution in [-0.4, -0.2) is 43.6 Å². The number of carbonyl (C=O) groups is 2. The van der Waals surface area contributed by atoms with Crippen molar-refractivity contribution in [2.75, 3.05) is 6.54 Å². The molecule has 7 nitrogen and oxygen atoms in total. The molecule has 0 bridgehead atoms. The minimum Gasteiger partial charge on any atom is -0.481 e. The summed E-state index contributed by atoms with van der Waals surface area (Å²) in [4.78, 5) is 29.1. The Bertz CT molecular complexity index is 911. The lowest BCUT2D eigenvalue weighted by Gasteiger charge is -2.21. The number of hydrogen-bond acceptors (Lipinski definition) is 4. The van der Waals surface area contributed by atoms with Crippen molar-refractivity contribution < 1.29 is 19.1 Å². The molecule has 0 unspecified atom stereocenters. The number of halogens is 1. The SMILES string of the molecule is O=C(O)CCN(Cc1cccnc1)C(=O)c1n[nH]c2ccc(F)cc12. The number of nitrogens with zero attached hydrogens (tertiary/aromatic N) is 3. The standard InChI is InChI=1S/C17H15FN4O3/c18-12-3-4-14-13(8-12)16(21-20-14)17(25)22(7-5-15(23)24)10-11-2-1-6-19-9-11/h1-4,6,8-9H,5,7,10H2,(H,20,21)(H,23,24). The molecule has 0 fully saturated rings. The van der Waals surface area contributed by atoms with Gasteiger partial charge in [0.1, 0.15) is 5.82 Å². The molecule has 25 heavy (non-hydrogen) atoms. The highest BCUT2D eigenvalue weighted by molar-refractivity contribution is 6.04. The zero-order valence-corrected chi connectivity index (χ0v) is 13.1. The Hall–Kier alpha value is -3.29. The van der Waals surface area contributed by atoms with E-state index in [1.165, 1.54) is 23.1 Å². The van der Waals surface area contributed by atoms with Crippen molar-refractivity contribution in [3.63, 3.8) is 0 Å². The van der Waals surface area contributed by atoms with Crippen LogP contribution in [-0.2, 0) is 11.3 Å². The average molecular weight is 342 g/mol. The fraction of sp³-hybridized carbons (Fsp3) is 0.176. The molecular formula is C17H15FN4O3. The molecule has 2 aromatic heterocycles. The van der Waals surface area contributed by atoms with E-state index in [0.29, 0.717) is 10.9 Å². The molecule has 3 aromatic rings. The number of rotatable bonds is 6. The molecule has 128 valence electrons. The maximum Gasteiger partial charge on any atom is 0.305 e. The highest BCUT2D eigenvalue weighted by Crippen LogP contribution is 2.19. The topological polar surface area (TPSA) is 99.2 Å². The number of aromatic nitrogens is 3. The summed E-state index contributed by atoms with van der Waals surface area (Å²) in [7, 11) is 0. The van der Waals surface area contributed by atoms with Crippen molar-refractivity contribution in [2.45, 2.75) is 13.0 Å². The van der Waals surface area contributed by atoms with Crippen molar-refractivity contribution in [3.05, 3.63) is 59.8 Å². The van der Waals surface area contributed by atoms with Crippen LogP contribution in [0.15, 0.2) is 42.7 Å². The number of carbonyl (C=O) groups excluding carboxylic acids is 1. The first-order valence-corrected chi connectivity index (χ1v) is 7.58. The van der Waals surface area contributed by atoms with Crippen molar-refractivity contribution in [3.8, 4) is 0 Å². The van der Waals surface area contributed by atoms with E-state index in [1.54, 1.807) is 24.5 Å². The van der Waals surface area contributed by atoms with Gasteiger partial charge < -0.3 is 10.0 Å². The largest absolute Gasteiger partial charge is 0.481 e. The minimum absolute atomic E-state index is 0.00668. The fourth-order valence-corrected chi connectivity index (χ4v) is 2.49. The van der Waals surface area contributed by atoms with Crippen LogP contribution >= 0.6 is 0 Å². The van der Waals surface area contributed by atoms with E-state index in [9.17, 15) is 14.0 Å². The number of pyridine rings is 1. The van der Waals surface area contributed by atoms with Crippen LogP contribution in [0.3, 0.4) is 0 Å².